The molecule has 3 heteroatoms. The fourth-order valence-electron chi connectivity index (χ4n) is 4.02. The molecule has 1 saturated carbocycles. The molecule has 0 heterocycles. The van der Waals surface area contributed by atoms with E-state index >= 15 is 0 Å². The van der Waals surface area contributed by atoms with Gasteiger partial charge in [-0.1, -0.05) is 81.4 Å². The molecule has 0 unspecified atom stereocenters. The van der Waals surface area contributed by atoms with E-state index in [-0.39, 0.29) is 17.2 Å². The average molecular weight is 340 g/mol. The van der Waals surface area contributed by atoms with Gasteiger partial charge in [-0.15, -0.1) is 0 Å². The van der Waals surface area contributed by atoms with Crippen LogP contribution in [0.3, 0.4) is 0 Å². The van der Waals surface area contributed by atoms with E-state index in [2.05, 4.69) is 81.4 Å². The van der Waals surface area contributed by atoms with Gasteiger partial charge in [0.2, 0.25) is 0 Å². The normalized spacial score (nSPS) is 21.8. The van der Waals surface area contributed by atoms with Gasteiger partial charge in [0.05, 0.1) is 6.10 Å². The van der Waals surface area contributed by atoms with Gasteiger partial charge in [0.1, 0.15) is 0 Å². The minimum atomic E-state index is -2.44. The Hall–Kier alpha value is -1.42. The van der Waals surface area contributed by atoms with Crippen molar-refractivity contribution in [3.05, 3.63) is 60.7 Å². The third-order valence-corrected chi connectivity index (χ3v) is 10.3. The average Bonchev–Trinajstić information content (AvgIpc) is 2.98. The summed E-state index contributed by atoms with van der Waals surface area (Å²) >= 11 is 0. The predicted molar refractivity (Wildman–Crippen MR) is 104 cm³/mol. The summed E-state index contributed by atoms with van der Waals surface area (Å²) in [6.45, 7) is 6.96. The highest BCUT2D eigenvalue weighted by molar-refractivity contribution is 6.99. The van der Waals surface area contributed by atoms with Gasteiger partial charge < -0.3 is 10.2 Å². The van der Waals surface area contributed by atoms with Crippen molar-refractivity contribution in [3.8, 4) is 0 Å². The zero-order chi connectivity index (χ0) is 17.2. The summed E-state index contributed by atoms with van der Waals surface area (Å²) in [5.74, 6) is 0. The number of benzene rings is 2. The van der Waals surface area contributed by atoms with E-state index in [1.807, 2.05) is 0 Å². The third kappa shape index (κ3) is 3.08. The van der Waals surface area contributed by atoms with Crippen molar-refractivity contribution in [3.63, 3.8) is 0 Å². The maximum Gasteiger partial charge on any atom is 0.261 e. The van der Waals surface area contributed by atoms with Gasteiger partial charge in [-0.05, 0) is 34.7 Å². The number of hydrogen-bond acceptors (Lipinski definition) is 2. The van der Waals surface area contributed by atoms with Crippen molar-refractivity contribution in [2.24, 2.45) is 5.73 Å². The van der Waals surface area contributed by atoms with Crippen LogP contribution >= 0.6 is 0 Å². The first-order valence-corrected chi connectivity index (χ1v) is 10.9. The molecule has 0 aromatic heterocycles. The molecule has 1 aliphatic carbocycles. The highest BCUT2D eigenvalue weighted by atomic mass is 28.4. The molecule has 2 aromatic carbocycles. The first-order chi connectivity index (χ1) is 11.4. The Balaban J connectivity index is 2.17. The van der Waals surface area contributed by atoms with Crippen molar-refractivity contribution in [2.75, 3.05) is 0 Å². The second-order valence-electron chi connectivity index (χ2n) is 7.91. The van der Waals surface area contributed by atoms with Crippen molar-refractivity contribution in [2.45, 2.75) is 57.2 Å². The Morgan fingerprint density at radius 2 is 1.38 bits per heavy atom. The van der Waals surface area contributed by atoms with E-state index < -0.39 is 8.32 Å². The van der Waals surface area contributed by atoms with Crippen molar-refractivity contribution < 1.29 is 4.43 Å². The molecule has 2 nitrogen and oxygen atoms in total. The first-order valence-electron chi connectivity index (χ1n) is 8.99. The summed E-state index contributed by atoms with van der Waals surface area (Å²) in [6, 6.07) is 21.8. The summed E-state index contributed by atoms with van der Waals surface area (Å²) in [7, 11) is -2.44. The lowest BCUT2D eigenvalue weighted by Gasteiger charge is -2.45. The smallest absolute Gasteiger partial charge is 0.261 e. The van der Waals surface area contributed by atoms with Crippen LogP contribution in [-0.4, -0.2) is 20.5 Å². The van der Waals surface area contributed by atoms with E-state index in [4.69, 9.17) is 10.2 Å². The van der Waals surface area contributed by atoms with Gasteiger partial charge >= 0.3 is 0 Å². The second-order valence-corrected chi connectivity index (χ2v) is 12.2. The molecule has 3 rings (SSSR count). The topological polar surface area (TPSA) is 35.2 Å². The molecule has 1 aliphatic rings. The Bertz CT molecular complexity index is 611. The van der Waals surface area contributed by atoms with Gasteiger partial charge in [-0.25, -0.2) is 0 Å². The minimum Gasteiger partial charge on any atom is -0.403 e. The predicted octanol–water partition coefficient (Wildman–Crippen LogP) is 3.44. The number of nitrogens with two attached hydrogens (primary N) is 1. The zero-order valence-electron chi connectivity index (χ0n) is 15.0. The molecule has 128 valence electrons. The zero-order valence-corrected chi connectivity index (χ0v) is 16.0. The molecule has 2 N–H and O–H groups in total. The van der Waals surface area contributed by atoms with Gasteiger partial charge in [-0.2, -0.15) is 0 Å². The van der Waals surface area contributed by atoms with Crippen molar-refractivity contribution in [1.82, 2.24) is 0 Å². The quantitative estimate of drug-likeness (QED) is 0.866. The molecule has 2 aromatic rings. The molecule has 1 fully saturated rings. The number of rotatable bonds is 4. The van der Waals surface area contributed by atoms with Crippen molar-refractivity contribution >= 4 is 18.7 Å². The van der Waals surface area contributed by atoms with Gasteiger partial charge in [-0.3, -0.25) is 0 Å². The lowest BCUT2D eigenvalue weighted by molar-refractivity contribution is 0.178. The Morgan fingerprint density at radius 3 is 1.75 bits per heavy atom. The van der Waals surface area contributed by atoms with Crippen LogP contribution in [0.2, 0.25) is 5.04 Å². The van der Waals surface area contributed by atoms with Crippen LogP contribution in [0.5, 0.6) is 0 Å². The maximum absolute atomic E-state index is 7.06. The summed E-state index contributed by atoms with van der Waals surface area (Å²) in [4.78, 5) is 0. The van der Waals surface area contributed by atoms with E-state index in [1.54, 1.807) is 0 Å². The van der Waals surface area contributed by atoms with Crippen LogP contribution in [0.1, 0.15) is 40.0 Å². The molecule has 0 spiro atoms. The fraction of sp³-hybridized carbons (Fsp3) is 0.429. The molecule has 0 aliphatic heterocycles. The molecule has 0 radical (unpaired) electrons. The first kappa shape index (κ1) is 17.4. The van der Waals surface area contributed by atoms with Crippen molar-refractivity contribution in [1.29, 1.82) is 0 Å². The Labute approximate surface area is 147 Å². The van der Waals surface area contributed by atoms with Crippen LogP contribution < -0.4 is 16.1 Å². The highest BCUT2D eigenvalue weighted by Gasteiger charge is 2.52. The Kier molecular flexibility index (Phi) is 4.95. The van der Waals surface area contributed by atoms with Crippen LogP contribution in [-0.2, 0) is 4.43 Å². The summed E-state index contributed by atoms with van der Waals surface area (Å²) in [5, 5.41) is 2.70. The second kappa shape index (κ2) is 6.83. The molecular weight excluding hydrogens is 310 g/mol. The largest absolute Gasteiger partial charge is 0.403 e. The molecule has 2 atom stereocenters. The van der Waals surface area contributed by atoms with E-state index in [0.717, 1.165) is 12.8 Å². The molecular formula is C21H29NOSi. The van der Waals surface area contributed by atoms with E-state index in [0.29, 0.717) is 0 Å². The van der Waals surface area contributed by atoms with Gasteiger partial charge in [0, 0.05) is 6.04 Å². The van der Waals surface area contributed by atoms with Gasteiger partial charge in [0.15, 0.2) is 0 Å². The summed E-state index contributed by atoms with van der Waals surface area (Å²) < 4.78 is 7.06. The standard InChI is InChI=1S/C21H29NOSi/c1-21(2,3)24(17-11-6-4-7-12-17,18-13-8-5-9-14-18)23-20-16-10-15-19(20)22/h4-9,11-14,19-20H,10,15-16,22H2,1-3H3/t19-,20+/m0/s1. The molecule has 0 bridgehead atoms. The monoisotopic (exact) mass is 339 g/mol. The summed E-state index contributed by atoms with van der Waals surface area (Å²) in [5.41, 5.74) is 6.38. The minimum absolute atomic E-state index is 0.0258. The highest BCUT2D eigenvalue weighted by Crippen LogP contribution is 2.39. The lowest BCUT2D eigenvalue weighted by atomic mass is 10.2. The Morgan fingerprint density at radius 1 is 0.875 bits per heavy atom. The third-order valence-electron chi connectivity index (χ3n) is 5.25. The number of hydrogen-bond donors (Lipinski definition) is 1. The van der Waals surface area contributed by atoms with E-state index in [9.17, 15) is 0 Å². The molecule has 0 saturated heterocycles. The van der Waals surface area contributed by atoms with Crippen LogP contribution in [0, 0.1) is 0 Å². The lowest BCUT2D eigenvalue weighted by Crippen LogP contribution is -2.68. The van der Waals surface area contributed by atoms with E-state index in [1.165, 1.54) is 16.8 Å². The fourth-order valence-corrected chi connectivity index (χ4v) is 8.78. The van der Waals surface area contributed by atoms with Gasteiger partial charge in [0.25, 0.3) is 8.32 Å². The SMILES string of the molecule is CC(C)(C)[Si](O[C@@H]1CCC[C@@H]1N)(c1ccccc1)c1ccccc1. The molecule has 0 amide bonds. The van der Waals surface area contributed by atoms with Crippen LogP contribution in [0.15, 0.2) is 60.7 Å². The van der Waals surface area contributed by atoms with Crippen LogP contribution in [0.25, 0.3) is 0 Å². The van der Waals surface area contributed by atoms with Crippen LogP contribution in [0.4, 0.5) is 0 Å². The molecule has 24 heavy (non-hydrogen) atoms. The maximum atomic E-state index is 7.06. The summed E-state index contributed by atoms with van der Waals surface area (Å²) in [6.07, 6.45) is 3.48.